The number of para-hydroxylation sites is 2. The topological polar surface area (TPSA) is 56.6 Å². The molecule has 0 fully saturated rings. The van der Waals surface area contributed by atoms with Gasteiger partial charge in [0.25, 0.3) is 5.91 Å². The highest BCUT2D eigenvalue weighted by atomic mass is 16.6. The zero-order valence-corrected chi connectivity index (χ0v) is 17.0. The monoisotopic (exact) mass is 391 g/mol. The normalized spacial score (nSPS) is 15.2. The molecule has 2 aromatic carbocycles. The van der Waals surface area contributed by atoms with Gasteiger partial charge in [-0.3, -0.25) is 4.79 Å². The Hall–Kier alpha value is -3.28. The number of likely N-dealkylation sites (N-methyl/N-ethyl adjacent to an activating group) is 1. The highest BCUT2D eigenvalue weighted by Gasteiger charge is 2.25. The molecule has 0 N–H and O–H groups in total. The maximum Gasteiger partial charge on any atom is 0.253 e. The second-order valence-electron chi connectivity index (χ2n) is 7.23. The fourth-order valence-electron chi connectivity index (χ4n) is 3.57. The molecule has 6 heteroatoms. The fraction of sp³-hybridized carbons (Fsp3) is 0.304. The minimum absolute atomic E-state index is 0.0186. The predicted octanol–water partition coefficient (Wildman–Crippen LogP) is 3.79. The van der Waals surface area contributed by atoms with Gasteiger partial charge in [-0.2, -0.15) is 5.10 Å². The van der Waals surface area contributed by atoms with Gasteiger partial charge in [-0.25, -0.2) is 4.68 Å². The lowest BCUT2D eigenvalue weighted by Gasteiger charge is -2.31. The van der Waals surface area contributed by atoms with Crippen molar-refractivity contribution in [3.8, 4) is 17.2 Å². The smallest absolute Gasteiger partial charge is 0.253 e. The zero-order chi connectivity index (χ0) is 20.4. The average Bonchev–Trinajstić information content (AvgIpc) is 3.09. The van der Waals surface area contributed by atoms with Crippen LogP contribution in [0.1, 0.15) is 28.7 Å². The maximum atomic E-state index is 13.0. The van der Waals surface area contributed by atoms with Crippen molar-refractivity contribution in [2.24, 2.45) is 0 Å². The Bertz CT molecular complexity index is 1010. The minimum Gasteiger partial charge on any atom is -0.486 e. The number of ether oxygens (including phenoxy) is 2. The molecule has 0 bridgehead atoms. The third-order valence-corrected chi connectivity index (χ3v) is 5.03. The summed E-state index contributed by atoms with van der Waals surface area (Å²) >= 11 is 0. The van der Waals surface area contributed by atoms with Gasteiger partial charge >= 0.3 is 0 Å². The van der Waals surface area contributed by atoms with Gasteiger partial charge in [0.2, 0.25) is 0 Å². The molecule has 1 aliphatic heterocycles. The third kappa shape index (κ3) is 3.97. The van der Waals surface area contributed by atoms with Crippen LogP contribution in [0.5, 0.6) is 11.5 Å². The first kappa shape index (κ1) is 19.1. The van der Waals surface area contributed by atoms with Gasteiger partial charge in [0, 0.05) is 17.8 Å². The summed E-state index contributed by atoms with van der Waals surface area (Å²) in [6.45, 7) is 7.46. The van der Waals surface area contributed by atoms with Crippen LogP contribution in [0.2, 0.25) is 0 Å². The van der Waals surface area contributed by atoms with E-state index in [0.29, 0.717) is 25.3 Å². The molecule has 0 aliphatic carbocycles. The summed E-state index contributed by atoms with van der Waals surface area (Å²) < 4.78 is 13.7. The molecule has 150 valence electrons. The number of rotatable bonds is 5. The molecule has 6 nitrogen and oxygen atoms in total. The van der Waals surface area contributed by atoms with Crippen molar-refractivity contribution in [2.45, 2.75) is 26.9 Å². The van der Waals surface area contributed by atoms with Gasteiger partial charge in [0.15, 0.2) is 17.6 Å². The molecule has 1 aromatic heterocycles. The van der Waals surface area contributed by atoms with E-state index in [-0.39, 0.29) is 12.0 Å². The van der Waals surface area contributed by atoms with Crippen LogP contribution in [0.15, 0.2) is 54.6 Å². The quantitative estimate of drug-likeness (QED) is 0.664. The molecule has 3 aromatic rings. The van der Waals surface area contributed by atoms with Crippen LogP contribution >= 0.6 is 0 Å². The van der Waals surface area contributed by atoms with Crippen molar-refractivity contribution in [3.05, 3.63) is 71.5 Å². The minimum atomic E-state index is -0.192. The SMILES string of the molecule is CCN(C[C@@H]1COc2ccccc2O1)C(=O)c1ccc(-n2nc(C)cc2C)cc1. The number of carbonyl (C=O) groups is 1. The largest absolute Gasteiger partial charge is 0.486 e. The number of aromatic nitrogens is 2. The van der Waals surface area contributed by atoms with Gasteiger partial charge < -0.3 is 14.4 Å². The molecule has 0 spiro atoms. The second kappa shape index (κ2) is 7.99. The van der Waals surface area contributed by atoms with Crippen molar-refractivity contribution in [3.63, 3.8) is 0 Å². The van der Waals surface area contributed by atoms with Crippen LogP contribution in [0.4, 0.5) is 0 Å². The molecule has 4 rings (SSSR count). The Morgan fingerprint density at radius 2 is 1.86 bits per heavy atom. The summed E-state index contributed by atoms with van der Waals surface area (Å²) in [4.78, 5) is 14.8. The van der Waals surface area contributed by atoms with E-state index in [1.165, 1.54) is 0 Å². The van der Waals surface area contributed by atoms with Crippen molar-refractivity contribution in [1.29, 1.82) is 0 Å². The van der Waals surface area contributed by atoms with Crippen molar-refractivity contribution in [1.82, 2.24) is 14.7 Å². The first-order valence-electron chi connectivity index (χ1n) is 9.86. The summed E-state index contributed by atoms with van der Waals surface area (Å²) in [7, 11) is 0. The van der Waals surface area contributed by atoms with Crippen LogP contribution < -0.4 is 9.47 Å². The molecule has 1 aliphatic rings. The van der Waals surface area contributed by atoms with Crippen molar-refractivity contribution in [2.75, 3.05) is 19.7 Å². The van der Waals surface area contributed by atoms with Gasteiger partial charge in [-0.05, 0) is 63.2 Å². The van der Waals surface area contributed by atoms with Crippen molar-refractivity contribution < 1.29 is 14.3 Å². The van der Waals surface area contributed by atoms with Gasteiger partial charge in [0.05, 0.1) is 17.9 Å². The van der Waals surface area contributed by atoms with Crippen LogP contribution in [0.25, 0.3) is 5.69 Å². The highest BCUT2D eigenvalue weighted by Crippen LogP contribution is 2.31. The Labute approximate surface area is 170 Å². The van der Waals surface area contributed by atoms with Crippen LogP contribution in [-0.4, -0.2) is 46.4 Å². The molecule has 1 atom stereocenters. The Morgan fingerprint density at radius 1 is 1.14 bits per heavy atom. The highest BCUT2D eigenvalue weighted by molar-refractivity contribution is 5.94. The molecular weight excluding hydrogens is 366 g/mol. The number of carbonyl (C=O) groups excluding carboxylic acids is 1. The Kier molecular flexibility index (Phi) is 5.25. The lowest BCUT2D eigenvalue weighted by Crippen LogP contribution is -2.43. The number of fused-ring (bicyclic) bond motifs is 1. The van der Waals surface area contributed by atoms with Gasteiger partial charge in [-0.15, -0.1) is 0 Å². The Morgan fingerprint density at radius 3 is 2.52 bits per heavy atom. The second-order valence-corrected chi connectivity index (χ2v) is 7.23. The predicted molar refractivity (Wildman–Crippen MR) is 111 cm³/mol. The van der Waals surface area contributed by atoms with E-state index >= 15 is 0 Å². The summed E-state index contributed by atoms with van der Waals surface area (Å²) in [5.41, 5.74) is 3.62. The van der Waals surface area contributed by atoms with Crippen LogP contribution in [0, 0.1) is 13.8 Å². The number of aryl methyl sites for hydroxylation is 2. The first-order chi connectivity index (χ1) is 14.0. The first-order valence-corrected chi connectivity index (χ1v) is 9.86. The molecule has 0 radical (unpaired) electrons. The van der Waals surface area contributed by atoms with Crippen LogP contribution in [-0.2, 0) is 0 Å². The average molecular weight is 391 g/mol. The summed E-state index contributed by atoms with van der Waals surface area (Å²) in [5.74, 6) is 1.45. The van der Waals surface area contributed by atoms with E-state index in [1.807, 2.05) is 80.1 Å². The zero-order valence-electron chi connectivity index (χ0n) is 17.0. The van der Waals surface area contributed by atoms with Crippen molar-refractivity contribution >= 4 is 5.91 Å². The molecule has 2 heterocycles. The van der Waals surface area contributed by atoms with E-state index in [9.17, 15) is 4.79 Å². The lowest BCUT2D eigenvalue weighted by molar-refractivity contribution is 0.0475. The van der Waals surface area contributed by atoms with E-state index in [1.54, 1.807) is 4.90 Å². The summed E-state index contributed by atoms with van der Waals surface area (Å²) in [6.07, 6.45) is -0.192. The van der Waals surface area contributed by atoms with Gasteiger partial charge in [0.1, 0.15) is 6.61 Å². The molecule has 0 unspecified atom stereocenters. The van der Waals surface area contributed by atoms with E-state index < -0.39 is 0 Å². The Balaban J connectivity index is 1.45. The number of hydrogen-bond acceptors (Lipinski definition) is 4. The molecule has 29 heavy (non-hydrogen) atoms. The van der Waals surface area contributed by atoms with E-state index in [0.717, 1.165) is 28.6 Å². The number of amides is 1. The maximum absolute atomic E-state index is 13.0. The number of hydrogen-bond donors (Lipinski definition) is 0. The summed E-state index contributed by atoms with van der Waals surface area (Å²) in [5, 5.41) is 4.49. The standard InChI is InChI=1S/C23H25N3O3/c1-4-25(14-20-15-28-21-7-5-6-8-22(21)29-20)23(27)18-9-11-19(12-10-18)26-17(3)13-16(2)24-26/h5-13,20H,4,14-15H2,1-3H3/t20-/m1/s1. The van der Waals surface area contributed by atoms with E-state index in [4.69, 9.17) is 9.47 Å². The molecular formula is C23H25N3O3. The van der Waals surface area contributed by atoms with Crippen LogP contribution in [0.3, 0.4) is 0 Å². The number of nitrogens with zero attached hydrogens (tertiary/aromatic N) is 3. The van der Waals surface area contributed by atoms with E-state index in [2.05, 4.69) is 5.10 Å². The summed E-state index contributed by atoms with van der Waals surface area (Å²) in [6, 6.07) is 17.2. The fourth-order valence-corrected chi connectivity index (χ4v) is 3.57. The third-order valence-electron chi connectivity index (χ3n) is 5.03. The molecule has 1 amide bonds. The molecule has 0 saturated carbocycles. The molecule has 0 saturated heterocycles. The number of benzene rings is 2. The lowest BCUT2D eigenvalue weighted by atomic mass is 10.1. The van der Waals surface area contributed by atoms with Gasteiger partial charge in [-0.1, -0.05) is 12.1 Å².